The SMILES string of the molecule is CCCO.O=C1OC2(c3ccc(O)cc3Oc3cc(O)ccc32)c2ccccc21. The molecule has 3 N–H and O–H groups in total. The molecule has 148 valence electrons. The van der Waals surface area contributed by atoms with E-state index < -0.39 is 11.6 Å². The number of benzene rings is 3. The normalized spacial score (nSPS) is 14.6. The molecule has 2 aliphatic heterocycles. The van der Waals surface area contributed by atoms with E-state index in [0.29, 0.717) is 40.4 Å². The highest BCUT2D eigenvalue weighted by Gasteiger charge is 2.53. The van der Waals surface area contributed by atoms with Crippen molar-refractivity contribution in [2.45, 2.75) is 18.9 Å². The van der Waals surface area contributed by atoms with Crippen molar-refractivity contribution in [3.63, 3.8) is 0 Å². The van der Waals surface area contributed by atoms with Crippen LogP contribution in [-0.2, 0) is 10.3 Å². The molecule has 3 aromatic carbocycles. The number of ether oxygens (including phenoxy) is 2. The molecule has 0 atom stereocenters. The molecule has 2 aliphatic rings. The van der Waals surface area contributed by atoms with Crippen molar-refractivity contribution in [1.82, 2.24) is 0 Å². The highest BCUT2D eigenvalue weighted by atomic mass is 16.6. The largest absolute Gasteiger partial charge is 0.508 e. The average Bonchev–Trinajstić information content (AvgIpc) is 3.01. The van der Waals surface area contributed by atoms with Crippen LogP contribution in [0, 0.1) is 0 Å². The van der Waals surface area contributed by atoms with Crippen LogP contribution in [0.3, 0.4) is 0 Å². The third-order valence-corrected chi connectivity index (χ3v) is 4.90. The molecule has 0 saturated heterocycles. The summed E-state index contributed by atoms with van der Waals surface area (Å²) in [6.07, 6.45) is 0.875. The van der Waals surface area contributed by atoms with Gasteiger partial charge in [-0.2, -0.15) is 0 Å². The first-order chi connectivity index (χ1) is 14.0. The summed E-state index contributed by atoms with van der Waals surface area (Å²) in [6, 6.07) is 16.6. The molecule has 3 aromatic rings. The van der Waals surface area contributed by atoms with Crippen LogP contribution in [-0.4, -0.2) is 27.9 Å². The molecule has 5 rings (SSSR count). The minimum absolute atomic E-state index is 0.0371. The van der Waals surface area contributed by atoms with Gasteiger partial charge in [0.05, 0.1) is 5.56 Å². The Hall–Kier alpha value is -3.51. The minimum atomic E-state index is -1.17. The van der Waals surface area contributed by atoms with Crippen LogP contribution >= 0.6 is 0 Å². The number of aromatic hydroxyl groups is 2. The lowest BCUT2D eigenvalue weighted by atomic mass is 9.77. The maximum atomic E-state index is 12.5. The fourth-order valence-corrected chi connectivity index (χ4v) is 3.65. The van der Waals surface area contributed by atoms with Crippen molar-refractivity contribution in [3.8, 4) is 23.0 Å². The molecule has 6 nitrogen and oxygen atoms in total. The number of rotatable bonds is 1. The molecule has 0 aromatic heterocycles. The van der Waals surface area contributed by atoms with E-state index in [1.807, 2.05) is 19.1 Å². The lowest BCUT2D eigenvalue weighted by Gasteiger charge is -2.36. The Morgan fingerprint density at radius 3 is 1.97 bits per heavy atom. The second kappa shape index (κ2) is 7.14. The van der Waals surface area contributed by atoms with Gasteiger partial charge >= 0.3 is 5.97 Å². The van der Waals surface area contributed by atoms with Gasteiger partial charge in [0, 0.05) is 35.4 Å². The van der Waals surface area contributed by atoms with Crippen LogP contribution < -0.4 is 4.74 Å². The summed E-state index contributed by atoms with van der Waals surface area (Å²) < 4.78 is 11.8. The van der Waals surface area contributed by atoms with E-state index in [0.717, 1.165) is 6.42 Å². The van der Waals surface area contributed by atoms with E-state index in [4.69, 9.17) is 14.6 Å². The average molecular weight is 392 g/mol. The molecular formula is C23H20O6. The first kappa shape index (κ1) is 18.8. The number of phenols is 2. The van der Waals surface area contributed by atoms with Crippen LogP contribution in [0.25, 0.3) is 0 Å². The molecule has 0 saturated carbocycles. The maximum Gasteiger partial charge on any atom is 0.340 e. The number of carbonyl (C=O) groups excluding carboxylic acids is 1. The first-order valence-electron chi connectivity index (χ1n) is 9.29. The Morgan fingerprint density at radius 1 is 0.862 bits per heavy atom. The van der Waals surface area contributed by atoms with Crippen molar-refractivity contribution in [2.75, 3.05) is 6.61 Å². The Kier molecular flexibility index (Phi) is 4.64. The molecule has 0 radical (unpaired) electrons. The number of aliphatic hydroxyl groups is 1. The number of carbonyl (C=O) groups is 1. The number of aliphatic hydroxyl groups excluding tert-OH is 1. The fourth-order valence-electron chi connectivity index (χ4n) is 3.65. The monoisotopic (exact) mass is 392 g/mol. The van der Waals surface area contributed by atoms with E-state index in [2.05, 4.69) is 0 Å². The summed E-state index contributed by atoms with van der Waals surface area (Å²) in [7, 11) is 0. The van der Waals surface area contributed by atoms with Crippen LogP contribution in [0.15, 0.2) is 60.7 Å². The molecule has 2 heterocycles. The smallest absolute Gasteiger partial charge is 0.340 e. The summed E-state index contributed by atoms with van der Waals surface area (Å²) in [6.45, 7) is 2.25. The van der Waals surface area contributed by atoms with Gasteiger partial charge in [-0.3, -0.25) is 0 Å². The zero-order chi connectivity index (χ0) is 20.6. The second-order valence-electron chi connectivity index (χ2n) is 6.80. The Bertz CT molecular complexity index is 1030. The van der Waals surface area contributed by atoms with E-state index in [9.17, 15) is 15.0 Å². The molecule has 1 spiro atoms. The Balaban J connectivity index is 0.000000472. The number of esters is 1. The molecular weight excluding hydrogens is 372 g/mol. The molecule has 0 aliphatic carbocycles. The van der Waals surface area contributed by atoms with Crippen molar-refractivity contribution < 1.29 is 29.6 Å². The van der Waals surface area contributed by atoms with Crippen LogP contribution in [0.1, 0.15) is 40.4 Å². The zero-order valence-corrected chi connectivity index (χ0v) is 15.8. The molecule has 0 amide bonds. The standard InChI is InChI=1S/C20H12O5.C3H8O/c21-11-5-7-15-17(9-11)24-18-10-12(22)6-8-16(18)20(15)14-4-2-1-3-13(14)19(23)25-20;1-2-3-4/h1-10,21-22H;4H,2-3H2,1H3. The van der Waals surface area contributed by atoms with Crippen LogP contribution in [0.4, 0.5) is 0 Å². The van der Waals surface area contributed by atoms with Gasteiger partial charge in [-0.25, -0.2) is 4.79 Å². The fraction of sp³-hybridized carbons (Fsp3) is 0.174. The quantitative estimate of drug-likeness (QED) is 0.541. The van der Waals surface area contributed by atoms with Gasteiger partial charge in [-0.1, -0.05) is 25.1 Å². The van der Waals surface area contributed by atoms with Gasteiger partial charge in [0.25, 0.3) is 0 Å². The zero-order valence-electron chi connectivity index (χ0n) is 15.8. The van der Waals surface area contributed by atoms with Crippen LogP contribution in [0.2, 0.25) is 0 Å². The highest BCUT2D eigenvalue weighted by Crippen LogP contribution is 2.56. The predicted octanol–water partition coefficient (Wildman–Crippen LogP) is 4.05. The molecule has 29 heavy (non-hydrogen) atoms. The second-order valence-corrected chi connectivity index (χ2v) is 6.80. The van der Waals surface area contributed by atoms with Gasteiger partial charge in [0.1, 0.15) is 23.0 Å². The molecule has 6 heteroatoms. The predicted molar refractivity (Wildman–Crippen MR) is 105 cm³/mol. The summed E-state index contributed by atoms with van der Waals surface area (Å²) in [5, 5.41) is 27.5. The minimum Gasteiger partial charge on any atom is -0.508 e. The Morgan fingerprint density at radius 2 is 1.41 bits per heavy atom. The third-order valence-electron chi connectivity index (χ3n) is 4.90. The third kappa shape index (κ3) is 2.89. The van der Waals surface area contributed by atoms with Gasteiger partial charge in [-0.05, 0) is 36.8 Å². The van der Waals surface area contributed by atoms with E-state index >= 15 is 0 Å². The highest BCUT2D eigenvalue weighted by molar-refractivity contribution is 5.97. The lowest BCUT2D eigenvalue weighted by Crippen LogP contribution is -2.32. The maximum absolute atomic E-state index is 12.5. The summed E-state index contributed by atoms with van der Waals surface area (Å²) in [5.74, 6) is 0.408. The summed E-state index contributed by atoms with van der Waals surface area (Å²) in [5.41, 5.74) is 1.28. The number of hydrogen-bond donors (Lipinski definition) is 3. The van der Waals surface area contributed by atoms with Crippen LogP contribution in [0.5, 0.6) is 23.0 Å². The van der Waals surface area contributed by atoms with Crippen molar-refractivity contribution in [3.05, 3.63) is 82.9 Å². The molecule has 0 bridgehead atoms. The van der Waals surface area contributed by atoms with Crippen molar-refractivity contribution in [2.24, 2.45) is 0 Å². The first-order valence-corrected chi connectivity index (χ1v) is 9.29. The molecule has 0 unspecified atom stereocenters. The molecule has 0 fully saturated rings. The van der Waals surface area contributed by atoms with E-state index in [-0.39, 0.29) is 11.5 Å². The number of hydrogen-bond acceptors (Lipinski definition) is 6. The summed E-state index contributed by atoms with van der Waals surface area (Å²) in [4.78, 5) is 12.5. The Labute approximate surface area is 167 Å². The van der Waals surface area contributed by atoms with E-state index in [1.165, 1.54) is 24.3 Å². The van der Waals surface area contributed by atoms with Gasteiger partial charge < -0.3 is 24.8 Å². The number of fused-ring (bicyclic) bond motifs is 6. The lowest BCUT2D eigenvalue weighted by molar-refractivity contribution is 0.0224. The topological polar surface area (TPSA) is 96.2 Å². The van der Waals surface area contributed by atoms with Crippen molar-refractivity contribution in [1.29, 1.82) is 0 Å². The van der Waals surface area contributed by atoms with Crippen molar-refractivity contribution >= 4 is 5.97 Å². The van der Waals surface area contributed by atoms with Gasteiger partial charge in [0.2, 0.25) is 0 Å². The van der Waals surface area contributed by atoms with E-state index in [1.54, 1.807) is 24.3 Å². The summed E-state index contributed by atoms with van der Waals surface area (Å²) >= 11 is 0. The number of phenolic OH excluding ortho intramolecular Hbond substituents is 2. The van der Waals surface area contributed by atoms with Gasteiger partial charge in [0.15, 0.2) is 5.60 Å². The van der Waals surface area contributed by atoms with Gasteiger partial charge in [-0.15, -0.1) is 0 Å².